The van der Waals surface area contributed by atoms with Crippen molar-refractivity contribution in [2.75, 3.05) is 0 Å². The van der Waals surface area contributed by atoms with Crippen LogP contribution in [-0.2, 0) is 0 Å². The van der Waals surface area contributed by atoms with Gasteiger partial charge >= 0.3 is 0 Å². The van der Waals surface area contributed by atoms with Gasteiger partial charge in [0.05, 0.1) is 5.39 Å². The monoisotopic (exact) mass is 230 g/mol. The molecule has 0 nitrogen and oxygen atoms in total. The van der Waals surface area contributed by atoms with Crippen molar-refractivity contribution < 1.29 is 22.0 Å². The maximum absolute atomic E-state index is 13.3. The molecule has 0 N–H and O–H groups in total. The highest BCUT2D eigenvalue weighted by Crippen LogP contribution is 2.25. The van der Waals surface area contributed by atoms with Crippen LogP contribution in [0, 0.1) is 29.1 Å². The van der Waals surface area contributed by atoms with E-state index in [1.165, 1.54) is 0 Å². The van der Waals surface area contributed by atoms with Gasteiger partial charge in [-0.2, -0.15) is 0 Å². The average Bonchev–Trinajstić information content (AvgIpc) is 2.27. The normalized spacial score (nSPS) is 11.1. The van der Waals surface area contributed by atoms with Gasteiger partial charge < -0.3 is 0 Å². The van der Waals surface area contributed by atoms with Gasteiger partial charge in [0.1, 0.15) is 7.85 Å². The summed E-state index contributed by atoms with van der Waals surface area (Å²) in [5, 5.41) is -1.05. The Hall–Kier alpha value is -1.59. The fraction of sp³-hybridized carbons (Fsp3) is 0. The molecule has 0 saturated carbocycles. The third-order valence-corrected chi connectivity index (χ3v) is 2.43. The molecule has 0 bridgehead atoms. The summed E-state index contributed by atoms with van der Waals surface area (Å²) in [5.74, 6) is -7.73. The highest BCUT2D eigenvalue weighted by molar-refractivity contribution is 6.39. The fourth-order valence-corrected chi connectivity index (χ4v) is 1.57. The quantitative estimate of drug-likeness (QED) is 0.367. The molecule has 0 unspecified atom stereocenters. The maximum Gasteiger partial charge on any atom is 0.194 e. The minimum atomic E-state index is -1.80. The lowest BCUT2D eigenvalue weighted by molar-refractivity contribution is 0.451. The standard InChI is InChI=1S/C10H4BF5/c11-6-3-1-2-4(12)7(13)5(3)8(14)10(16)9(6)15/h1-2H,11H2. The topological polar surface area (TPSA) is 0 Å². The largest absolute Gasteiger partial charge is 0.204 e. The predicted molar refractivity (Wildman–Crippen MR) is 51.9 cm³/mol. The molecule has 2 rings (SSSR count). The molecule has 0 aliphatic heterocycles. The summed E-state index contributed by atoms with van der Waals surface area (Å²) in [5.41, 5.74) is -0.257. The zero-order valence-corrected chi connectivity index (χ0v) is 8.04. The van der Waals surface area contributed by atoms with Crippen LogP contribution in [0.5, 0.6) is 0 Å². The minimum absolute atomic E-state index is 0.185. The van der Waals surface area contributed by atoms with Gasteiger partial charge in [0.25, 0.3) is 0 Å². The highest BCUT2D eigenvalue weighted by Gasteiger charge is 2.21. The summed E-state index contributed by atoms with van der Waals surface area (Å²) in [6.45, 7) is 0. The van der Waals surface area contributed by atoms with Crippen molar-refractivity contribution in [2.45, 2.75) is 0 Å². The Morgan fingerprint density at radius 2 is 1.38 bits per heavy atom. The van der Waals surface area contributed by atoms with E-state index >= 15 is 0 Å². The molecule has 0 aliphatic carbocycles. The molecular formula is C10H4BF5. The summed E-state index contributed by atoms with van der Waals surface area (Å²) in [4.78, 5) is 0. The van der Waals surface area contributed by atoms with Crippen LogP contribution in [0.2, 0.25) is 0 Å². The molecule has 0 fully saturated rings. The van der Waals surface area contributed by atoms with E-state index in [0.29, 0.717) is 0 Å². The Morgan fingerprint density at radius 1 is 0.750 bits per heavy atom. The summed E-state index contributed by atoms with van der Waals surface area (Å²) < 4.78 is 65.5. The number of fused-ring (bicyclic) bond motifs is 1. The SMILES string of the molecule is Bc1c(F)c(F)c(F)c2c(F)c(F)ccc12. The summed E-state index contributed by atoms with van der Waals surface area (Å²) in [7, 11) is 1.16. The Morgan fingerprint density at radius 3 is 2.00 bits per heavy atom. The number of rotatable bonds is 0. The first-order chi connectivity index (χ1) is 7.45. The van der Waals surface area contributed by atoms with E-state index in [1.807, 2.05) is 0 Å². The first-order valence-corrected chi connectivity index (χ1v) is 4.36. The number of benzene rings is 2. The highest BCUT2D eigenvalue weighted by atomic mass is 19.2. The summed E-state index contributed by atoms with van der Waals surface area (Å²) in [6, 6.07) is 1.75. The van der Waals surface area contributed by atoms with Crippen LogP contribution in [0.15, 0.2) is 12.1 Å². The van der Waals surface area contributed by atoms with Crippen molar-refractivity contribution in [3.05, 3.63) is 41.2 Å². The fourth-order valence-electron chi connectivity index (χ4n) is 1.57. The Kier molecular flexibility index (Phi) is 2.37. The molecule has 82 valence electrons. The zero-order chi connectivity index (χ0) is 12.0. The second-order valence-electron chi connectivity index (χ2n) is 3.35. The van der Waals surface area contributed by atoms with Gasteiger partial charge in [-0.15, -0.1) is 0 Å². The molecule has 0 amide bonds. The van der Waals surface area contributed by atoms with Crippen LogP contribution in [0.4, 0.5) is 22.0 Å². The van der Waals surface area contributed by atoms with Gasteiger partial charge in [-0.25, -0.2) is 22.0 Å². The van der Waals surface area contributed by atoms with Gasteiger partial charge in [0.15, 0.2) is 29.1 Å². The van der Waals surface area contributed by atoms with E-state index in [0.717, 1.165) is 20.0 Å². The maximum atomic E-state index is 13.3. The Labute approximate surface area is 88.1 Å². The number of halogens is 5. The van der Waals surface area contributed by atoms with Crippen molar-refractivity contribution in [1.29, 1.82) is 0 Å². The second-order valence-corrected chi connectivity index (χ2v) is 3.35. The van der Waals surface area contributed by atoms with Crippen molar-refractivity contribution in [3.8, 4) is 0 Å². The summed E-state index contributed by atoms with van der Waals surface area (Å²) >= 11 is 0. The first kappa shape index (κ1) is 10.9. The molecule has 6 heteroatoms. The van der Waals surface area contributed by atoms with Gasteiger partial charge in [-0.1, -0.05) is 6.07 Å². The minimum Gasteiger partial charge on any atom is -0.204 e. The Bertz CT molecular complexity index is 594. The molecular weight excluding hydrogens is 226 g/mol. The second kappa shape index (κ2) is 3.47. The zero-order valence-electron chi connectivity index (χ0n) is 8.04. The molecule has 0 radical (unpaired) electrons. The molecule has 2 aromatic rings. The smallest absolute Gasteiger partial charge is 0.194 e. The number of hydrogen-bond acceptors (Lipinski definition) is 0. The summed E-state index contributed by atoms with van der Waals surface area (Å²) in [6.07, 6.45) is 0. The van der Waals surface area contributed by atoms with Crippen molar-refractivity contribution in [2.24, 2.45) is 0 Å². The molecule has 0 saturated heterocycles. The molecule has 2 aromatic carbocycles. The van der Waals surface area contributed by atoms with Gasteiger partial charge in [0, 0.05) is 0 Å². The van der Waals surface area contributed by atoms with Crippen LogP contribution in [0.1, 0.15) is 0 Å². The molecule has 0 heterocycles. The van der Waals surface area contributed by atoms with E-state index in [4.69, 9.17) is 0 Å². The predicted octanol–water partition coefficient (Wildman–Crippen LogP) is 1.79. The van der Waals surface area contributed by atoms with Crippen molar-refractivity contribution >= 4 is 24.1 Å². The van der Waals surface area contributed by atoms with Crippen LogP contribution in [0.3, 0.4) is 0 Å². The van der Waals surface area contributed by atoms with Gasteiger partial charge in [0.2, 0.25) is 0 Å². The number of hydrogen-bond donors (Lipinski definition) is 0. The lowest BCUT2D eigenvalue weighted by Crippen LogP contribution is -2.15. The first-order valence-electron chi connectivity index (χ1n) is 4.36. The van der Waals surface area contributed by atoms with Crippen LogP contribution in [-0.4, -0.2) is 7.85 Å². The third-order valence-electron chi connectivity index (χ3n) is 2.43. The van der Waals surface area contributed by atoms with Crippen LogP contribution < -0.4 is 5.46 Å². The lowest BCUT2D eigenvalue weighted by Gasteiger charge is -2.08. The van der Waals surface area contributed by atoms with Crippen molar-refractivity contribution in [3.63, 3.8) is 0 Å². The van der Waals surface area contributed by atoms with E-state index in [2.05, 4.69) is 0 Å². The molecule has 0 atom stereocenters. The van der Waals surface area contributed by atoms with Gasteiger partial charge in [-0.05, 0) is 16.9 Å². The van der Waals surface area contributed by atoms with Crippen LogP contribution >= 0.6 is 0 Å². The van der Waals surface area contributed by atoms with E-state index in [-0.39, 0.29) is 10.8 Å². The average molecular weight is 230 g/mol. The van der Waals surface area contributed by atoms with E-state index in [1.54, 1.807) is 0 Å². The molecule has 0 spiro atoms. The van der Waals surface area contributed by atoms with Crippen molar-refractivity contribution in [1.82, 2.24) is 0 Å². The molecule has 16 heavy (non-hydrogen) atoms. The lowest BCUT2D eigenvalue weighted by atomic mass is 9.88. The van der Waals surface area contributed by atoms with E-state index < -0.39 is 34.5 Å². The molecule has 0 aromatic heterocycles. The molecule has 0 aliphatic rings. The Balaban J connectivity index is 3.09. The third kappa shape index (κ3) is 1.29. The van der Waals surface area contributed by atoms with Gasteiger partial charge in [-0.3, -0.25) is 0 Å². The van der Waals surface area contributed by atoms with Crippen LogP contribution in [0.25, 0.3) is 10.8 Å². The van der Waals surface area contributed by atoms with E-state index in [9.17, 15) is 22.0 Å².